The van der Waals surface area contributed by atoms with Crippen molar-refractivity contribution in [2.45, 2.75) is 13.8 Å². The van der Waals surface area contributed by atoms with Crippen molar-refractivity contribution < 1.29 is 0 Å². The summed E-state index contributed by atoms with van der Waals surface area (Å²) in [6, 6.07) is 5.69. The number of piperazine rings is 1. The van der Waals surface area contributed by atoms with Crippen molar-refractivity contribution in [3.63, 3.8) is 0 Å². The van der Waals surface area contributed by atoms with Gasteiger partial charge in [0.25, 0.3) is 0 Å². The molecular weight excluding hydrogens is 238 g/mol. The minimum absolute atomic E-state index is 0.0280. The van der Waals surface area contributed by atoms with Crippen LogP contribution in [0.4, 0.5) is 5.82 Å². The molecule has 3 N–H and O–H groups in total. The molecule has 2 rings (SSSR count). The summed E-state index contributed by atoms with van der Waals surface area (Å²) in [5.41, 5.74) is 6.04. The van der Waals surface area contributed by atoms with Crippen molar-refractivity contribution in [2.24, 2.45) is 11.7 Å². The molecule has 0 saturated carbocycles. The van der Waals surface area contributed by atoms with Crippen LogP contribution in [0.25, 0.3) is 0 Å². The van der Waals surface area contributed by atoms with E-state index in [2.05, 4.69) is 28.6 Å². The van der Waals surface area contributed by atoms with Crippen LogP contribution in [-0.4, -0.2) is 48.4 Å². The largest absolute Gasteiger partial charge is 0.382 e. The van der Waals surface area contributed by atoms with E-state index < -0.39 is 0 Å². The van der Waals surface area contributed by atoms with Crippen LogP contribution in [0.3, 0.4) is 0 Å². The second kappa shape index (κ2) is 6.02. The smallest absolute Gasteiger partial charge is 0.141 e. The molecule has 0 bridgehead atoms. The number of nitrogens with two attached hydrogens (primary N) is 1. The summed E-state index contributed by atoms with van der Waals surface area (Å²) < 4.78 is 0. The van der Waals surface area contributed by atoms with E-state index in [0.717, 1.165) is 38.5 Å². The third-order valence-electron chi connectivity index (χ3n) is 3.33. The fourth-order valence-corrected chi connectivity index (χ4v) is 2.43. The molecule has 0 aromatic carbocycles. The third kappa shape index (κ3) is 3.67. The number of anilines is 1. The molecule has 2 heterocycles. The minimum Gasteiger partial charge on any atom is -0.382 e. The summed E-state index contributed by atoms with van der Waals surface area (Å²) in [5, 5.41) is 7.44. The maximum absolute atomic E-state index is 7.44. The molecule has 0 aliphatic carbocycles. The standard InChI is InChI=1S/C14H23N5/c1-11(2)10-18-6-8-19(9-7-18)13-5-3-4-12(17-13)14(15)16/h3-5,11H,6-10H2,1-2H3,(H3,15,16). The van der Waals surface area contributed by atoms with Crippen LogP contribution in [0.5, 0.6) is 0 Å². The van der Waals surface area contributed by atoms with Crippen molar-refractivity contribution in [2.75, 3.05) is 37.6 Å². The van der Waals surface area contributed by atoms with Crippen LogP contribution in [0, 0.1) is 11.3 Å². The van der Waals surface area contributed by atoms with E-state index in [9.17, 15) is 0 Å². The van der Waals surface area contributed by atoms with E-state index in [-0.39, 0.29) is 5.84 Å². The van der Waals surface area contributed by atoms with E-state index in [4.69, 9.17) is 11.1 Å². The number of nitrogens with zero attached hydrogens (tertiary/aromatic N) is 3. The van der Waals surface area contributed by atoms with Gasteiger partial charge < -0.3 is 10.6 Å². The summed E-state index contributed by atoms with van der Waals surface area (Å²) in [5.74, 6) is 1.67. The van der Waals surface area contributed by atoms with Crippen LogP contribution >= 0.6 is 0 Å². The highest BCUT2D eigenvalue weighted by Crippen LogP contribution is 2.14. The van der Waals surface area contributed by atoms with Gasteiger partial charge in [0, 0.05) is 32.7 Å². The maximum atomic E-state index is 7.44. The molecule has 0 amide bonds. The Balaban J connectivity index is 1.97. The number of nitrogens with one attached hydrogen (secondary N) is 1. The summed E-state index contributed by atoms with van der Waals surface area (Å²) in [7, 11) is 0. The molecule has 19 heavy (non-hydrogen) atoms. The Morgan fingerprint density at radius 3 is 2.58 bits per heavy atom. The lowest BCUT2D eigenvalue weighted by molar-refractivity contribution is 0.231. The van der Waals surface area contributed by atoms with Crippen LogP contribution < -0.4 is 10.6 Å². The zero-order chi connectivity index (χ0) is 13.8. The molecule has 1 saturated heterocycles. The van der Waals surface area contributed by atoms with Crippen LogP contribution in [0.2, 0.25) is 0 Å². The number of amidine groups is 1. The van der Waals surface area contributed by atoms with Gasteiger partial charge in [0.15, 0.2) is 0 Å². The predicted molar refractivity (Wildman–Crippen MR) is 78.7 cm³/mol. The molecular formula is C14H23N5. The molecule has 5 heteroatoms. The van der Waals surface area contributed by atoms with Gasteiger partial charge in [-0.25, -0.2) is 4.98 Å². The lowest BCUT2D eigenvalue weighted by atomic mass is 10.2. The monoisotopic (exact) mass is 261 g/mol. The summed E-state index contributed by atoms with van der Waals surface area (Å²) >= 11 is 0. The van der Waals surface area contributed by atoms with Gasteiger partial charge in [-0.3, -0.25) is 10.3 Å². The topological polar surface area (TPSA) is 69.2 Å². The first-order valence-corrected chi connectivity index (χ1v) is 6.85. The number of hydrogen-bond donors (Lipinski definition) is 2. The van der Waals surface area contributed by atoms with Gasteiger partial charge in [-0.1, -0.05) is 19.9 Å². The second-order valence-corrected chi connectivity index (χ2v) is 5.48. The Morgan fingerprint density at radius 2 is 2.00 bits per heavy atom. The Labute approximate surface area is 114 Å². The molecule has 1 aliphatic rings. The van der Waals surface area contributed by atoms with Crippen molar-refractivity contribution >= 4 is 11.7 Å². The normalized spacial score (nSPS) is 16.9. The van der Waals surface area contributed by atoms with E-state index in [1.807, 2.05) is 12.1 Å². The SMILES string of the molecule is CC(C)CN1CCN(c2cccc(C(=N)N)n2)CC1. The fourth-order valence-electron chi connectivity index (χ4n) is 2.43. The number of nitrogen functional groups attached to an aromatic ring is 1. The number of rotatable bonds is 4. The lowest BCUT2D eigenvalue weighted by Crippen LogP contribution is -2.47. The van der Waals surface area contributed by atoms with Crippen molar-refractivity contribution in [3.05, 3.63) is 23.9 Å². The van der Waals surface area contributed by atoms with Gasteiger partial charge in [-0.2, -0.15) is 0 Å². The molecule has 0 atom stereocenters. The third-order valence-corrected chi connectivity index (χ3v) is 3.33. The number of pyridine rings is 1. The Bertz CT molecular complexity index is 435. The molecule has 0 spiro atoms. The van der Waals surface area contributed by atoms with Crippen LogP contribution in [-0.2, 0) is 0 Å². The van der Waals surface area contributed by atoms with Crippen LogP contribution in [0.15, 0.2) is 18.2 Å². The lowest BCUT2D eigenvalue weighted by Gasteiger charge is -2.36. The van der Waals surface area contributed by atoms with Crippen molar-refractivity contribution in [1.29, 1.82) is 5.41 Å². The van der Waals surface area contributed by atoms with E-state index >= 15 is 0 Å². The first-order chi connectivity index (χ1) is 9.06. The summed E-state index contributed by atoms with van der Waals surface area (Å²) in [4.78, 5) is 9.20. The molecule has 1 aliphatic heterocycles. The highest BCUT2D eigenvalue weighted by molar-refractivity contribution is 5.93. The maximum Gasteiger partial charge on any atom is 0.141 e. The van der Waals surface area contributed by atoms with Crippen molar-refractivity contribution in [3.8, 4) is 0 Å². The number of hydrogen-bond acceptors (Lipinski definition) is 4. The van der Waals surface area contributed by atoms with E-state index in [1.165, 1.54) is 0 Å². The Hall–Kier alpha value is -1.62. The Morgan fingerprint density at radius 1 is 1.32 bits per heavy atom. The first-order valence-electron chi connectivity index (χ1n) is 6.85. The predicted octanol–water partition coefficient (Wildman–Crippen LogP) is 1.14. The highest BCUT2D eigenvalue weighted by atomic mass is 15.3. The zero-order valence-electron chi connectivity index (χ0n) is 11.8. The first kappa shape index (κ1) is 13.8. The highest BCUT2D eigenvalue weighted by Gasteiger charge is 2.18. The van der Waals surface area contributed by atoms with Gasteiger partial charge >= 0.3 is 0 Å². The fraction of sp³-hybridized carbons (Fsp3) is 0.571. The van der Waals surface area contributed by atoms with Crippen LogP contribution in [0.1, 0.15) is 19.5 Å². The van der Waals surface area contributed by atoms with Gasteiger partial charge in [0.05, 0.1) is 0 Å². The quantitative estimate of drug-likeness (QED) is 0.630. The van der Waals surface area contributed by atoms with Gasteiger partial charge in [0.1, 0.15) is 17.3 Å². The molecule has 0 radical (unpaired) electrons. The van der Waals surface area contributed by atoms with Gasteiger partial charge in [0.2, 0.25) is 0 Å². The molecule has 1 fully saturated rings. The van der Waals surface area contributed by atoms with Crippen molar-refractivity contribution in [1.82, 2.24) is 9.88 Å². The van der Waals surface area contributed by atoms with E-state index in [0.29, 0.717) is 11.6 Å². The molecule has 0 unspecified atom stereocenters. The summed E-state index contributed by atoms with van der Waals surface area (Å²) in [6.07, 6.45) is 0. The molecule has 104 valence electrons. The molecule has 1 aromatic heterocycles. The van der Waals surface area contributed by atoms with Gasteiger partial charge in [-0.15, -0.1) is 0 Å². The van der Waals surface area contributed by atoms with E-state index in [1.54, 1.807) is 6.07 Å². The molecule has 1 aromatic rings. The van der Waals surface area contributed by atoms with Gasteiger partial charge in [-0.05, 0) is 18.1 Å². The number of aromatic nitrogens is 1. The summed E-state index contributed by atoms with van der Waals surface area (Å²) in [6.45, 7) is 9.79. The zero-order valence-corrected chi connectivity index (χ0v) is 11.8. The Kier molecular flexibility index (Phi) is 4.37. The average Bonchev–Trinajstić information content (AvgIpc) is 2.39. The molecule has 5 nitrogen and oxygen atoms in total. The second-order valence-electron chi connectivity index (χ2n) is 5.48. The average molecular weight is 261 g/mol. The minimum atomic E-state index is 0.0280.